The van der Waals surface area contributed by atoms with Gasteiger partial charge in [-0.05, 0) is 85.7 Å². The van der Waals surface area contributed by atoms with Crippen molar-refractivity contribution in [3.05, 3.63) is 29.3 Å². The first-order chi connectivity index (χ1) is 19.7. The molecular formula is C34H47NO6. The third-order valence-electron chi connectivity index (χ3n) is 11.8. The van der Waals surface area contributed by atoms with Crippen LogP contribution in [0, 0.1) is 34.5 Å². The Morgan fingerprint density at radius 3 is 2.34 bits per heavy atom. The Kier molecular flexibility index (Phi) is 7.52. The predicted octanol–water partition coefficient (Wildman–Crippen LogP) is 6.76. The first-order valence-corrected chi connectivity index (χ1v) is 15.6. The fourth-order valence-electron chi connectivity index (χ4n) is 9.79. The van der Waals surface area contributed by atoms with Gasteiger partial charge in [0.2, 0.25) is 11.6 Å². The van der Waals surface area contributed by atoms with Crippen molar-refractivity contribution in [1.82, 2.24) is 0 Å². The van der Waals surface area contributed by atoms with Crippen LogP contribution in [0.25, 0.3) is 0 Å². The van der Waals surface area contributed by atoms with Crippen molar-refractivity contribution in [1.29, 1.82) is 0 Å². The Bertz CT molecular complexity index is 1210. The molecule has 1 aromatic rings. The van der Waals surface area contributed by atoms with E-state index >= 15 is 0 Å². The lowest BCUT2D eigenvalue weighted by Crippen LogP contribution is -2.52. The Balaban J connectivity index is 1.20. The zero-order valence-corrected chi connectivity index (χ0v) is 25.7. The lowest BCUT2D eigenvalue weighted by atomic mass is 9.47. The summed E-state index contributed by atoms with van der Waals surface area (Å²) in [5.41, 5.74) is 2.94. The van der Waals surface area contributed by atoms with Gasteiger partial charge in [0.05, 0.1) is 21.3 Å². The minimum Gasteiger partial charge on any atom is -0.493 e. The Morgan fingerprint density at radius 2 is 1.66 bits per heavy atom. The molecule has 4 aliphatic carbocycles. The quantitative estimate of drug-likeness (QED) is 0.280. The molecule has 0 saturated heterocycles. The third kappa shape index (κ3) is 4.71. The lowest BCUT2D eigenvalue weighted by molar-refractivity contribution is -0.148. The number of hydrogen-bond acceptors (Lipinski definition) is 7. The normalized spacial score (nSPS) is 37.8. The zero-order chi connectivity index (χ0) is 28.9. The molecule has 1 aromatic carbocycles. The van der Waals surface area contributed by atoms with Crippen LogP contribution in [0.4, 0.5) is 0 Å². The van der Waals surface area contributed by atoms with Crippen LogP contribution in [-0.2, 0) is 14.3 Å². The first-order valence-electron chi connectivity index (χ1n) is 15.6. The van der Waals surface area contributed by atoms with E-state index in [9.17, 15) is 4.79 Å². The van der Waals surface area contributed by atoms with Crippen LogP contribution in [0.2, 0.25) is 0 Å². The van der Waals surface area contributed by atoms with E-state index in [4.69, 9.17) is 28.7 Å². The monoisotopic (exact) mass is 565 g/mol. The van der Waals surface area contributed by atoms with E-state index in [2.05, 4.69) is 19.9 Å². The number of ether oxygens (including phenoxy) is 5. The van der Waals surface area contributed by atoms with Gasteiger partial charge in [-0.3, -0.25) is 9.79 Å². The number of benzene rings is 1. The number of nitrogens with zero attached hydrogens (tertiary/aromatic N) is 1. The maximum absolute atomic E-state index is 11.6. The molecule has 1 aliphatic heterocycles. The highest BCUT2D eigenvalue weighted by atomic mass is 16.5. The van der Waals surface area contributed by atoms with Crippen molar-refractivity contribution in [2.24, 2.45) is 39.5 Å². The minimum atomic E-state index is -0.151. The summed E-state index contributed by atoms with van der Waals surface area (Å²) < 4.78 is 29.1. The SMILES string of the molecule is COc1cc(C2=NCC[C@H]([C@H]3CC[C@H]4[C@@H]5CC=C6C[C@@H](OC(C)=O)CC[C@]6(C)[C@H]5CC[C@]34C)O2)cc(OC)c1OC. The number of rotatable bonds is 6. The zero-order valence-electron chi connectivity index (χ0n) is 25.7. The molecule has 0 aromatic heterocycles. The number of carbonyl (C=O) groups is 1. The summed E-state index contributed by atoms with van der Waals surface area (Å²) in [4.78, 5) is 16.4. The molecule has 3 saturated carbocycles. The second-order valence-corrected chi connectivity index (χ2v) is 13.5. The minimum absolute atomic E-state index is 0.0537. The molecule has 0 unspecified atom stereocenters. The summed E-state index contributed by atoms with van der Waals surface area (Å²) in [6.45, 7) is 7.39. The van der Waals surface area contributed by atoms with Gasteiger partial charge >= 0.3 is 5.97 Å². The van der Waals surface area contributed by atoms with E-state index in [1.807, 2.05) is 12.1 Å². The van der Waals surface area contributed by atoms with E-state index in [0.29, 0.717) is 29.1 Å². The molecule has 8 atom stereocenters. The average molecular weight is 566 g/mol. The number of esters is 1. The van der Waals surface area contributed by atoms with Gasteiger partial charge in [0.1, 0.15) is 12.2 Å². The predicted molar refractivity (Wildman–Crippen MR) is 158 cm³/mol. The van der Waals surface area contributed by atoms with Gasteiger partial charge in [0.25, 0.3) is 0 Å². The largest absolute Gasteiger partial charge is 0.493 e. The number of allylic oxidation sites excluding steroid dienone is 1. The topological polar surface area (TPSA) is 75.6 Å². The van der Waals surface area contributed by atoms with Crippen molar-refractivity contribution >= 4 is 11.9 Å². The summed E-state index contributed by atoms with van der Waals surface area (Å²) in [7, 11) is 4.89. The third-order valence-corrected chi connectivity index (χ3v) is 11.8. The van der Waals surface area contributed by atoms with E-state index in [-0.39, 0.29) is 29.0 Å². The van der Waals surface area contributed by atoms with Crippen molar-refractivity contribution in [3.8, 4) is 17.2 Å². The number of carbonyl (C=O) groups excluding carboxylic acids is 1. The van der Waals surface area contributed by atoms with Crippen LogP contribution >= 0.6 is 0 Å². The number of aliphatic imine (C=N–C) groups is 1. The Hall–Kier alpha value is -2.70. The van der Waals surface area contributed by atoms with Gasteiger partial charge in [-0.2, -0.15) is 0 Å². The van der Waals surface area contributed by atoms with Gasteiger partial charge in [0, 0.05) is 37.8 Å². The highest BCUT2D eigenvalue weighted by Crippen LogP contribution is 2.67. The smallest absolute Gasteiger partial charge is 0.302 e. The summed E-state index contributed by atoms with van der Waals surface area (Å²) in [6, 6.07) is 3.88. The van der Waals surface area contributed by atoms with E-state index in [1.165, 1.54) is 39.0 Å². The molecule has 0 spiro atoms. The van der Waals surface area contributed by atoms with Crippen LogP contribution < -0.4 is 14.2 Å². The molecular weight excluding hydrogens is 518 g/mol. The molecule has 0 N–H and O–H groups in total. The fraction of sp³-hybridized carbons (Fsp3) is 0.706. The van der Waals surface area contributed by atoms with Gasteiger partial charge < -0.3 is 23.7 Å². The Labute approximate surface area is 245 Å². The van der Waals surface area contributed by atoms with Crippen molar-refractivity contribution in [2.45, 2.75) is 90.8 Å². The molecule has 0 bridgehead atoms. The van der Waals surface area contributed by atoms with Crippen molar-refractivity contribution in [2.75, 3.05) is 27.9 Å². The van der Waals surface area contributed by atoms with Crippen molar-refractivity contribution in [3.63, 3.8) is 0 Å². The molecule has 3 fully saturated rings. The van der Waals surface area contributed by atoms with E-state index in [0.717, 1.165) is 55.5 Å². The van der Waals surface area contributed by atoms with Crippen LogP contribution in [0.15, 0.2) is 28.8 Å². The molecule has 7 heteroatoms. The van der Waals surface area contributed by atoms with Gasteiger partial charge in [-0.15, -0.1) is 0 Å². The number of methoxy groups -OCH3 is 3. The standard InChI is InChI=1S/C34H47NO6/c1-20(36)40-23-11-14-33(2)22(19-23)7-8-24-25-9-10-27(34(25,3)15-12-26(24)33)28-13-16-35-32(41-28)21-17-29(37-4)31(39-6)30(18-21)38-5/h7,17-18,23-28H,8-16,19H2,1-6H3/t23-,24-,25-,26-,27+,28+,33-,34-/m0/s1. The van der Waals surface area contributed by atoms with Crippen LogP contribution in [0.5, 0.6) is 17.2 Å². The first kappa shape index (κ1) is 28.4. The number of fused-ring (bicyclic) bond motifs is 5. The van der Waals surface area contributed by atoms with Crippen LogP contribution in [0.3, 0.4) is 0 Å². The maximum Gasteiger partial charge on any atom is 0.302 e. The highest BCUT2D eigenvalue weighted by molar-refractivity contribution is 5.96. The van der Waals surface area contributed by atoms with E-state index in [1.54, 1.807) is 26.9 Å². The summed E-state index contributed by atoms with van der Waals surface area (Å²) in [5.74, 6) is 5.03. The Morgan fingerprint density at radius 1 is 0.927 bits per heavy atom. The van der Waals surface area contributed by atoms with Crippen LogP contribution in [-0.4, -0.2) is 51.9 Å². The molecule has 224 valence electrons. The molecule has 0 amide bonds. The molecule has 0 radical (unpaired) electrons. The lowest BCUT2D eigenvalue weighted by Gasteiger charge is -2.58. The molecule has 5 aliphatic rings. The molecule has 7 nitrogen and oxygen atoms in total. The second kappa shape index (κ2) is 10.9. The molecule has 1 heterocycles. The molecule has 6 rings (SSSR count). The second-order valence-electron chi connectivity index (χ2n) is 13.5. The number of hydrogen-bond donors (Lipinski definition) is 0. The summed E-state index contributed by atoms with van der Waals surface area (Å²) >= 11 is 0. The van der Waals surface area contributed by atoms with Gasteiger partial charge in [0.15, 0.2) is 11.5 Å². The summed E-state index contributed by atoms with van der Waals surface area (Å²) in [6.07, 6.45) is 13.0. The molecule has 41 heavy (non-hydrogen) atoms. The fourth-order valence-corrected chi connectivity index (χ4v) is 9.79. The highest BCUT2D eigenvalue weighted by Gasteiger charge is 2.60. The maximum atomic E-state index is 11.6. The van der Waals surface area contributed by atoms with Gasteiger partial charge in [-0.25, -0.2) is 0 Å². The van der Waals surface area contributed by atoms with E-state index < -0.39 is 0 Å². The summed E-state index contributed by atoms with van der Waals surface area (Å²) in [5, 5.41) is 0. The van der Waals surface area contributed by atoms with Gasteiger partial charge in [-0.1, -0.05) is 25.5 Å². The van der Waals surface area contributed by atoms with Crippen LogP contribution in [0.1, 0.15) is 84.1 Å². The van der Waals surface area contributed by atoms with Crippen molar-refractivity contribution < 1.29 is 28.5 Å². The average Bonchev–Trinajstić information content (AvgIpc) is 3.33.